The number of nitrogens with two attached hydrogens (primary N) is 1. The molecular formula is C18H28N4. The van der Waals surface area contributed by atoms with Crippen LogP contribution in [0, 0.1) is 12.8 Å². The highest BCUT2D eigenvalue weighted by molar-refractivity contribution is 5.22. The first kappa shape index (κ1) is 14.6. The third kappa shape index (κ3) is 2.56. The highest BCUT2D eigenvalue weighted by Gasteiger charge is 2.41. The van der Waals surface area contributed by atoms with Crippen LogP contribution in [0.3, 0.4) is 0 Å². The molecule has 4 aliphatic rings. The van der Waals surface area contributed by atoms with Crippen molar-refractivity contribution in [2.45, 2.75) is 63.3 Å². The number of aromatic nitrogens is 2. The second-order valence-corrected chi connectivity index (χ2v) is 7.52. The summed E-state index contributed by atoms with van der Waals surface area (Å²) >= 11 is 0. The SMILES string of the molecule is Cc1nc(C2CCCC2)cc(C2CN3CCC2CC3CN)n1. The van der Waals surface area contributed by atoms with Crippen LogP contribution < -0.4 is 5.73 Å². The Bertz CT molecular complexity index is 538. The van der Waals surface area contributed by atoms with Gasteiger partial charge in [0.15, 0.2) is 0 Å². The number of hydrogen-bond acceptors (Lipinski definition) is 4. The molecular weight excluding hydrogens is 272 g/mol. The number of fused-ring (bicyclic) bond motifs is 3. The van der Waals surface area contributed by atoms with Gasteiger partial charge >= 0.3 is 0 Å². The Morgan fingerprint density at radius 3 is 2.64 bits per heavy atom. The molecule has 2 bridgehead atoms. The summed E-state index contributed by atoms with van der Waals surface area (Å²) in [4.78, 5) is 12.2. The van der Waals surface area contributed by atoms with Crippen LogP contribution in [-0.4, -0.2) is 40.5 Å². The minimum absolute atomic E-state index is 0.596. The van der Waals surface area contributed by atoms with Gasteiger partial charge in [-0.2, -0.15) is 0 Å². The first-order valence-electron chi connectivity index (χ1n) is 9.04. The third-order valence-corrected chi connectivity index (χ3v) is 6.18. The summed E-state index contributed by atoms with van der Waals surface area (Å²) < 4.78 is 0. The van der Waals surface area contributed by atoms with E-state index in [1.54, 1.807) is 0 Å². The van der Waals surface area contributed by atoms with Gasteiger partial charge in [-0.25, -0.2) is 9.97 Å². The summed E-state index contributed by atoms with van der Waals surface area (Å²) in [5, 5.41) is 0. The van der Waals surface area contributed by atoms with Crippen LogP contribution in [-0.2, 0) is 0 Å². The molecule has 0 amide bonds. The molecule has 1 aromatic rings. The zero-order valence-corrected chi connectivity index (χ0v) is 13.7. The molecule has 22 heavy (non-hydrogen) atoms. The van der Waals surface area contributed by atoms with Crippen LogP contribution in [0.25, 0.3) is 0 Å². The Kier molecular flexibility index (Phi) is 3.91. The van der Waals surface area contributed by atoms with E-state index < -0.39 is 0 Å². The number of nitrogens with zero attached hydrogens (tertiary/aromatic N) is 3. The molecule has 4 heterocycles. The first-order valence-corrected chi connectivity index (χ1v) is 9.04. The fourth-order valence-electron chi connectivity index (χ4n) is 4.95. The Balaban J connectivity index is 1.60. The largest absolute Gasteiger partial charge is 0.329 e. The second kappa shape index (κ2) is 5.89. The quantitative estimate of drug-likeness (QED) is 0.932. The molecule has 4 unspecified atom stereocenters. The maximum atomic E-state index is 5.94. The summed E-state index contributed by atoms with van der Waals surface area (Å²) in [5.74, 6) is 3.01. The predicted octanol–water partition coefficient (Wildman–Crippen LogP) is 2.58. The molecule has 0 aromatic carbocycles. The van der Waals surface area contributed by atoms with Gasteiger partial charge in [-0.15, -0.1) is 0 Å². The van der Waals surface area contributed by atoms with E-state index in [0.29, 0.717) is 17.9 Å². The van der Waals surface area contributed by atoms with Gasteiger partial charge in [0, 0.05) is 42.4 Å². The molecule has 1 saturated carbocycles. The highest BCUT2D eigenvalue weighted by atomic mass is 15.2. The molecule has 5 rings (SSSR count). The van der Waals surface area contributed by atoms with Crippen molar-refractivity contribution in [3.05, 3.63) is 23.3 Å². The van der Waals surface area contributed by atoms with Crippen LogP contribution in [0.4, 0.5) is 0 Å². The molecule has 4 fully saturated rings. The lowest BCUT2D eigenvalue weighted by Crippen LogP contribution is -2.55. The zero-order chi connectivity index (χ0) is 15.1. The van der Waals surface area contributed by atoms with Crippen LogP contribution in [0.2, 0.25) is 0 Å². The average molecular weight is 300 g/mol. The van der Waals surface area contributed by atoms with Crippen molar-refractivity contribution in [3.8, 4) is 0 Å². The fourth-order valence-corrected chi connectivity index (χ4v) is 4.95. The normalized spacial score (nSPS) is 35.2. The van der Waals surface area contributed by atoms with Crippen LogP contribution >= 0.6 is 0 Å². The smallest absolute Gasteiger partial charge is 0.125 e. The lowest BCUT2D eigenvalue weighted by atomic mass is 9.74. The maximum Gasteiger partial charge on any atom is 0.125 e. The minimum Gasteiger partial charge on any atom is -0.329 e. The summed E-state index contributed by atoms with van der Waals surface area (Å²) in [7, 11) is 0. The Morgan fingerprint density at radius 2 is 1.95 bits per heavy atom. The van der Waals surface area contributed by atoms with Crippen LogP contribution in [0.15, 0.2) is 6.07 Å². The lowest BCUT2D eigenvalue weighted by Gasteiger charge is -2.49. The summed E-state index contributed by atoms with van der Waals surface area (Å²) in [5.41, 5.74) is 8.55. The van der Waals surface area contributed by atoms with Crippen molar-refractivity contribution in [1.82, 2.24) is 14.9 Å². The van der Waals surface area contributed by atoms with Gasteiger partial charge < -0.3 is 5.73 Å². The molecule has 120 valence electrons. The van der Waals surface area contributed by atoms with Crippen molar-refractivity contribution in [2.24, 2.45) is 11.7 Å². The Hall–Kier alpha value is -1.00. The van der Waals surface area contributed by atoms with Crippen molar-refractivity contribution in [2.75, 3.05) is 19.6 Å². The van der Waals surface area contributed by atoms with E-state index >= 15 is 0 Å². The van der Waals surface area contributed by atoms with E-state index in [2.05, 4.69) is 17.9 Å². The number of hydrogen-bond donors (Lipinski definition) is 1. The topological polar surface area (TPSA) is 55.0 Å². The maximum absolute atomic E-state index is 5.94. The molecule has 3 saturated heterocycles. The highest BCUT2D eigenvalue weighted by Crippen LogP contribution is 2.42. The zero-order valence-electron chi connectivity index (χ0n) is 13.7. The molecule has 4 nitrogen and oxygen atoms in total. The van der Waals surface area contributed by atoms with Gasteiger partial charge in [0.25, 0.3) is 0 Å². The second-order valence-electron chi connectivity index (χ2n) is 7.52. The van der Waals surface area contributed by atoms with Crippen molar-refractivity contribution in [3.63, 3.8) is 0 Å². The summed E-state index contributed by atoms with van der Waals surface area (Å²) in [6.45, 7) is 5.24. The van der Waals surface area contributed by atoms with E-state index in [4.69, 9.17) is 15.7 Å². The minimum atomic E-state index is 0.596. The number of piperidine rings is 3. The summed E-state index contributed by atoms with van der Waals surface area (Å²) in [6, 6.07) is 2.94. The molecule has 2 N–H and O–H groups in total. The first-order chi connectivity index (χ1) is 10.7. The number of rotatable bonds is 3. The van der Waals surface area contributed by atoms with Gasteiger partial charge in [-0.1, -0.05) is 12.8 Å². The third-order valence-electron chi connectivity index (χ3n) is 6.18. The standard InChI is InChI=1S/C18H28N4/c1-12-20-17(13-4-2-3-5-13)9-18(21-12)16-11-22-7-6-14(16)8-15(22)10-19/h9,13-16H,2-8,10-11,19H2,1H3. The van der Waals surface area contributed by atoms with Gasteiger partial charge in [-0.3, -0.25) is 4.90 Å². The number of aryl methyl sites for hydroxylation is 1. The van der Waals surface area contributed by atoms with Gasteiger partial charge in [0.05, 0.1) is 0 Å². The lowest BCUT2D eigenvalue weighted by molar-refractivity contribution is 0.0332. The molecule has 1 aliphatic carbocycles. The Labute approximate surface area is 133 Å². The molecule has 0 spiro atoms. The van der Waals surface area contributed by atoms with Gasteiger partial charge in [0.1, 0.15) is 5.82 Å². The van der Waals surface area contributed by atoms with Gasteiger partial charge in [0.2, 0.25) is 0 Å². The van der Waals surface area contributed by atoms with E-state index in [1.165, 1.54) is 56.5 Å². The summed E-state index contributed by atoms with van der Waals surface area (Å²) in [6.07, 6.45) is 7.91. The van der Waals surface area contributed by atoms with E-state index in [0.717, 1.165) is 24.8 Å². The molecule has 4 atom stereocenters. The van der Waals surface area contributed by atoms with E-state index in [-0.39, 0.29) is 0 Å². The van der Waals surface area contributed by atoms with Crippen LogP contribution in [0.5, 0.6) is 0 Å². The molecule has 4 heteroatoms. The van der Waals surface area contributed by atoms with Crippen molar-refractivity contribution < 1.29 is 0 Å². The fraction of sp³-hybridized carbons (Fsp3) is 0.778. The van der Waals surface area contributed by atoms with E-state index in [9.17, 15) is 0 Å². The average Bonchev–Trinajstić information content (AvgIpc) is 3.09. The van der Waals surface area contributed by atoms with Gasteiger partial charge in [-0.05, 0) is 51.1 Å². The van der Waals surface area contributed by atoms with E-state index in [1.807, 2.05) is 0 Å². The molecule has 3 aliphatic heterocycles. The Morgan fingerprint density at radius 1 is 1.18 bits per heavy atom. The van der Waals surface area contributed by atoms with Crippen LogP contribution in [0.1, 0.15) is 67.6 Å². The molecule has 1 aromatic heterocycles. The van der Waals surface area contributed by atoms with Crippen molar-refractivity contribution >= 4 is 0 Å². The molecule has 0 radical (unpaired) electrons. The predicted molar refractivity (Wildman–Crippen MR) is 87.9 cm³/mol. The monoisotopic (exact) mass is 300 g/mol. The van der Waals surface area contributed by atoms with Crippen molar-refractivity contribution in [1.29, 1.82) is 0 Å².